The Kier molecular flexibility index (Phi) is 5.07. The lowest BCUT2D eigenvalue weighted by atomic mass is 10.0. The number of benzene rings is 1. The van der Waals surface area contributed by atoms with Crippen LogP contribution in [-0.2, 0) is 12.8 Å². The van der Waals surface area contributed by atoms with Crippen LogP contribution in [0.25, 0.3) is 0 Å². The SMILES string of the molecule is CNC(Cc1ccn(C(C)C)n1)Cc1ccc(F)cc1F. The predicted molar refractivity (Wildman–Crippen MR) is 79.2 cm³/mol. The van der Waals surface area contributed by atoms with E-state index in [0.717, 1.165) is 11.8 Å². The summed E-state index contributed by atoms with van der Waals surface area (Å²) in [5, 5.41) is 7.67. The average molecular weight is 293 g/mol. The van der Waals surface area contributed by atoms with Crippen molar-refractivity contribution in [1.82, 2.24) is 15.1 Å². The van der Waals surface area contributed by atoms with Crippen LogP contribution < -0.4 is 5.32 Å². The minimum atomic E-state index is -0.548. The first-order chi connectivity index (χ1) is 9.99. The second-order valence-corrected chi connectivity index (χ2v) is 5.51. The maximum Gasteiger partial charge on any atom is 0.129 e. The van der Waals surface area contributed by atoms with Crippen molar-refractivity contribution in [3.05, 3.63) is 53.4 Å². The van der Waals surface area contributed by atoms with Gasteiger partial charge in [-0.1, -0.05) is 6.07 Å². The number of halogens is 2. The van der Waals surface area contributed by atoms with Gasteiger partial charge in [0.15, 0.2) is 0 Å². The highest BCUT2D eigenvalue weighted by molar-refractivity contribution is 5.20. The Hall–Kier alpha value is -1.75. The molecule has 1 aromatic carbocycles. The molecule has 21 heavy (non-hydrogen) atoms. The van der Waals surface area contributed by atoms with Crippen molar-refractivity contribution in [1.29, 1.82) is 0 Å². The Morgan fingerprint density at radius 3 is 2.52 bits per heavy atom. The summed E-state index contributed by atoms with van der Waals surface area (Å²) in [5.74, 6) is -1.05. The highest BCUT2D eigenvalue weighted by atomic mass is 19.1. The fourth-order valence-corrected chi connectivity index (χ4v) is 2.26. The van der Waals surface area contributed by atoms with Crippen molar-refractivity contribution < 1.29 is 8.78 Å². The molecule has 0 aliphatic carbocycles. The highest BCUT2D eigenvalue weighted by Crippen LogP contribution is 2.14. The van der Waals surface area contributed by atoms with E-state index < -0.39 is 11.6 Å². The van der Waals surface area contributed by atoms with Crippen molar-refractivity contribution in [2.45, 2.75) is 38.8 Å². The minimum absolute atomic E-state index is 0.0560. The van der Waals surface area contributed by atoms with E-state index in [1.165, 1.54) is 12.1 Å². The summed E-state index contributed by atoms with van der Waals surface area (Å²) in [5.41, 5.74) is 1.48. The summed E-state index contributed by atoms with van der Waals surface area (Å²) in [6.07, 6.45) is 3.15. The first-order valence-corrected chi connectivity index (χ1v) is 7.14. The third kappa shape index (κ3) is 4.11. The number of aromatic nitrogens is 2. The zero-order chi connectivity index (χ0) is 15.4. The fraction of sp³-hybridized carbons (Fsp3) is 0.438. The summed E-state index contributed by atoms with van der Waals surface area (Å²) in [4.78, 5) is 0. The molecule has 0 saturated heterocycles. The summed E-state index contributed by atoms with van der Waals surface area (Å²) in [7, 11) is 1.84. The van der Waals surface area contributed by atoms with Gasteiger partial charge < -0.3 is 5.32 Å². The van der Waals surface area contributed by atoms with Gasteiger partial charge in [-0.15, -0.1) is 0 Å². The molecular formula is C16H21F2N3. The third-order valence-electron chi connectivity index (χ3n) is 3.54. The van der Waals surface area contributed by atoms with Crippen molar-refractivity contribution >= 4 is 0 Å². The second-order valence-electron chi connectivity index (χ2n) is 5.51. The van der Waals surface area contributed by atoms with Gasteiger partial charge in [-0.3, -0.25) is 4.68 Å². The van der Waals surface area contributed by atoms with Crippen molar-refractivity contribution in [2.75, 3.05) is 7.05 Å². The van der Waals surface area contributed by atoms with Gasteiger partial charge in [-0.25, -0.2) is 8.78 Å². The molecule has 0 saturated carbocycles. The molecule has 5 heteroatoms. The monoisotopic (exact) mass is 293 g/mol. The van der Waals surface area contributed by atoms with Crippen LogP contribution in [0.15, 0.2) is 30.5 Å². The van der Waals surface area contributed by atoms with E-state index in [1.54, 1.807) is 0 Å². The van der Waals surface area contributed by atoms with Gasteiger partial charge in [0.1, 0.15) is 11.6 Å². The molecule has 3 nitrogen and oxygen atoms in total. The molecule has 2 aromatic rings. The summed E-state index contributed by atoms with van der Waals surface area (Å²) in [6, 6.07) is 6.07. The normalized spacial score (nSPS) is 12.9. The topological polar surface area (TPSA) is 29.9 Å². The van der Waals surface area contributed by atoms with Crippen LogP contribution >= 0.6 is 0 Å². The van der Waals surface area contributed by atoms with E-state index in [1.807, 2.05) is 24.0 Å². The van der Waals surface area contributed by atoms with E-state index in [9.17, 15) is 8.78 Å². The van der Waals surface area contributed by atoms with Gasteiger partial charge in [-0.05, 0) is 45.0 Å². The predicted octanol–water partition coefficient (Wildman–Crippen LogP) is 3.12. The van der Waals surface area contributed by atoms with Crippen molar-refractivity contribution in [3.63, 3.8) is 0 Å². The molecule has 1 heterocycles. The third-order valence-corrected chi connectivity index (χ3v) is 3.54. The number of likely N-dealkylation sites (N-methyl/N-ethyl adjacent to an activating group) is 1. The number of nitrogens with one attached hydrogen (secondary N) is 1. The average Bonchev–Trinajstić information content (AvgIpc) is 2.89. The molecule has 0 spiro atoms. The number of hydrogen-bond acceptors (Lipinski definition) is 2. The molecule has 0 aliphatic rings. The molecule has 0 radical (unpaired) electrons. The Bertz CT molecular complexity index is 593. The van der Waals surface area contributed by atoms with Gasteiger partial charge in [0.2, 0.25) is 0 Å². The summed E-state index contributed by atoms with van der Waals surface area (Å²) >= 11 is 0. The van der Waals surface area contributed by atoms with E-state index >= 15 is 0 Å². The Labute approximate surface area is 124 Å². The second kappa shape index (κ2) is 6.80. The van der Waals surface area contributed by atoms with Gasteiger partial charge in [0.05, 0.1) is 5.69 Å². The molecule has 1 atom stereocenters. The molecule has 0 bridgehead atoms. The molecule has 0 fully saturated rings. The van der Waals surface area contributed by atoms with E-state index in [2.05, 4.69) is 24.3 Å². The fourth-order valence-electron chi connectivity index (χ4n) is 2.26. The summed E-state index contributed by atoms with van der Waals surface area (Å²) < 4.78 is 28.5. The lowest BCUT2D eigenvalue weighted by molar-refractivity contribution is 0.500. The first kappa shape index (κ1) is 15.6. The Balaban J connectivity index is 2.05. The van der Waals surface area contributed by atoms with Crippen molar-refractivity contribution in [3.8, 4) is 0 Å². The smallest absolute Gasteiger partial charge is 0.129 e. The molecule has 1 N–H and O–H groups in total. The van der Waals surface area contributed by atoms with E-state index in [4.69, 9.17) is 0 Å². The Morgan fingerprint density at radius 1 is 1.19 bits per heavy atom. The van der Waals surface area contributed by atoms with Gasteiger partial charge >= 0.3 is 0 Å². The van der Waals surface area contributed by atoms with E-state index in [-0.39, 0.29) is 6.04 Å². The standard InChI is InChI=1S/C16H21F2N3/c1-11(2)21-7-6-14(20-21)10-15(19-3)8-12-4-5-13(17)9-16(12)18/h4-7,9,11,15,19H,8,10H2,1-3H3. The van der Waals surface area contributed by atoms with Crippen LogP contribution in [0.4, 0.5) is 8.78 Å². The number of nitrogens with zero attached hydrogens (tertiary/aromatic N) is 2. The van der Waals surface area contributed by atoms with Crippen LogP contribution in [0.1, 0.15) is 31.1 Å². The molecule has 0 amide bonds. The maximum atomic E-state index is 13.7. The molecule has 2 rings (SSSR count). The quantitative estimate of drug-likeness (QED) is 0.887. The van der Waals surface area contributed by atoms with Gasteiger partial charge in [-0.2, -0.15) is 5.10 Å². The Morgan fingerprint density at radius 2 is 1.95 bits per heavy atom. The van der Waals surface area contributed by atoms with Crippen LogP contribution in [0.2, 0.25) is 0 Å². The number of rotatable bonds is 6. The minimum Gasteiger partial charge on any atom is -0.316 e. The van der Waals surface area contributed by atoms with Crippen LogP contribution in [0, 0.1) is 11.6 Å². The maximum absolute atomic E-state index is 13.7. The number of hydrogen-bond donors (Lipinski definition) is 1. The highest BCUT2D eigenvalue weighted by Gasteiger charge is 2.14. The summed E-state index contributed by atoms with van der Waals surface area (Å²) in [6.45, 7) is 4.14. The molecular weight excluding hydrogens is 272 g/mol. The molecule has 1 unspecified atom stereocenters. The van der Waals surface area contributed by atoms with Gasteiger partial charge in [0, 0.05) is 30.8 Å². The molecule has 114 valence electrons. The lowest BCUT2D eigenvalue weighted by Crippen LogP contribution is -2.30. The van der Waals surface area contributed by atoms with Gasteiger partial charge in [0.25, 0.3) is 0 Å². The zero-order valence-electron chi connectivity index (χ0n) is 12.6. The molecule has 0 aliphatic heterocycles. The van der Waals surface area contributed by atoms with E-state index in [0.29, 0.717) is 24.4 Å². The largest absolute Gasteiger partial charge is 0.316 e. The van der Waals surface area contributed by atoms with Crippen LogP contribution in [0.5, 0.6) is 0 Å². The van der Waals surface area contributed by atoms with Crippen molar-refractivity contribution in [2.24, 2.45) is 0 Å². The van der Waals surface area contributed by atoms with Crippen LogP contribution in [-0.4, -0.2) is 22.9 Å². The lowest BCUT2D eigenvalue weighted by Gasteiger charge is -2.15. The molecule has 1 aromatic heterocycles. The van der Waals surface area contributed by atoms with Crippen LogP contribution in [0.3, 0.4) is 0 Å². The first-order valence-electron chi connectivity index (χ1n) is 7.14. The zero-order valence-corrected chi connectivity index (χ0v) is 12.6.